The predicted molar refractivity (Wildman–Crippen MR) is 92.5 cm³/mol. The number of benzene rings is 1. The van der Waals surface area contributed by atoms with Gasteiger partial charge in [-0.05, 0) is 25.7 Å². The molecule has 0 aliphatic heterocycles. The molecule has 1 amide bonds. The average molecular weight is 315 g/mol. The maximum Gasteiger partial charge on any atom is 0.238 e. The number of hydrogen-bond acceptors (Lipinski definition) is 3. The number of carbonyl (C=O) groups excluding carboxylic acids is 2. The third kappa shape index (κ3) is 3.15. The van der Waals surface area contributed by atoms with Crippen LogP contribution in [0.4, 0.5) is 0 Å². The van der Waals surface area contributed by atoms with E-state index in [1.54, 1.807) is 0 Å². The monoisotopic (exact) mass is 315 g/mol. The summed E-state index contributed by atoms with van der Waals surface area (Å²) in [7, 11) is 5.79. The lowest BCUT2D eigenvalue weighted by atomic mass is 9.76. The summed E-state index contributed by atoms with van der Waals surface area (Å²) >= 11 is 0. The minimum atomic E-state index is -0.419. The number of hydrogen-bond donors (Lipinski definition) is 1. The van der Waals surface area contributed by atoms with Crippen LogP contribution in [0.25, 0.3) is 10.9 Å². The Balaban J connectivity index is 2.51. The molecule has 0 saturated carbocycles. The van der Waals surface area contributed by atoms with Crippen LogP contribution in [-0.2, 0) is 22.1 Å². The number of aldehydes is 1. The summed E-state index contributed by atoms with van der Waals surface area (Å²) < 4.78 is 2.09. The average Bonchev–Trinajstić information content (AvgIpc) is 2.83. The molecular formula is C18H25N3O2. The van der Waals surface area contributed by atoms with Crippen molar-refractivity contribution in [2.75, 3.05) is 20.6 Å². The Bertz CT molecular complexity index is 716. The molecular weight excluding hydrogens is 290 g/mol. The lowest BCUT2D eigenvalue weighted by molar-refractivity contribution is -0.128. The molecule has 5 nitrogen and oxygen atoms in total. The molecule has 0 aliphatic rings. The molecule has 0 spiro atoms. The van der Waals surface area contributed by atoms with Crippen molar-refractivity contribution in [1.82, 2.24) is 14.8 Å². The van der Waals surface area contributed by atoms with E-state index in [0.717, 1.165) is 16.5 Å². The van der Waals surface area contributed by atoms with Gasteiger partial charge in [0.25, 0.3) is 0 Å². The zero-order chi connectivity index (χ0) is 17.2. The van der Waals surface area contributed by atoms with Crippen LogP contribution >= 0.6 is 0 Å². The van der Waals surface area contributed by atoms with Gasteiger partial charge in [0.2, 0.25) is 5.91 Å². The van der Waals surface area contributed by atoms with Gasteiger partial charge in [-0.25, -0.2) is 0 Å². The third-order valence-electron chi connectivity index (χ3n) is 4.40. The largest absolute Gasteiger partial charge is 0.350 e. The molecule has 0 radical (unpaired) electrons. The minimum Gasteiger partial charge on any atom is -0.350 e. The van der Waals surface area contributed by atoms with Crippen molar-refractivity contribution in [3.8, 4) is 0 Å². The third-order valence-corrected chi connectivity index (χ3v) is 4.40. The van der Waals surface area contributed by atoms with Gasteiger partial charge in [-0.1, -0.05) is 32.0 Å². The molecule has 0 fully saturated rings. The number of aryl methyl sites for hydroxylation is 1. The zero-order valence-electron chi connectivity index (χ0n) is 14.5. The van der Waals surface area contributed by atoms with Gasteiger partial charge >= 0.3 is 0 Å². The number of carbonyl (C=O) groups is 2. The Labute approximate surface area is 137 Å². The Morgan fingerprint density at radius 1 is 1.35 bits per heavy atom. The Hall–Kier alpha value is -2.14. The number of aromatic nitrogens is 1. The van der Waals surface area contributed by atoms with Crippen molar-refractivity contribution in [1.29, 1.82) is 0 Å². The standard InChI is InChI=1S/C18H25N3O2/c1-18(2,16(20(3)4)17(23)19-10-11-22)14-12-21(5)15-9-7-6-8-13(14)15/h6-9,11-12,16H,10H2,1-5H3,(H,19,23). The molecule has 1 heterocycles. The molecule has 124 valence electrons. The van der Waals surface area contributed by atoms with Gasteiger partial charge in [-0.2, -0.15) is 0 Å². The topological polar surface area (TPSA) is 54.3 Å². The van der Waals surface area contributed by atoms with E-state index in [0.29, 0.717) is 6.29 Å². The number of para-hydroxylation sites is 1. The van der Waals surface area contributed by atoms with E-state index in [-0.39, 0.29) is 18.5 Å². The molecule has 23 heavy (non-hydrogen) atoms. The Kier molecular flexibility index (Phi) is 4.90. The number of likely N-dealkylation sites (N-methyl/N-ethyl adjacent to an activating group) is 1. The van der Waals surface area contributed by atoms with Crippen LogP contribution in [0.3, 0.4) is 0 Å². The van der Waals surface area contributed by atoms with Crippen molar-refractivity contribution in [2.45, 2.75) is 25.3 Å². The van der Waals surface area contributed by atoms with Crippen molar-refractivity contribution in [3.63, 3.8) is 0 Å². The number of nitrogens with zero attached hydrogens (tertiary/aromatic N) is 2. The predicted octanol–water partition coefficient (Wildman–Crippen LogP) is 1.70. The molecule has 0 saturated heterocycles. The van der Waals surface area contributed by atoms with E-state index in [1.165, 1.54) is 0 Å². The Morgan fingerprint density at radius 3 is 2.61 bits per heavy atom. The second-order valence-corrected chi connectivity index (χ2v) is 6.67. The zero-order valence-corrected chi connectivity index (χ0v) is 14.5. The van der Waals surface area contributed by atoms with Gasteiger partial charge in [-0.3, -0.25) is 9.69 Å². The van der Waals surface area contributed by atoms with Crippen LogP contribution in [-0.4, -0.2) is 48.3 Å². The highest BCUT2D eigenvalue weighted by molar-refractivity contribution is 5.89. The van der Waals surface area contributed by atoms with Gasteiger partial charge < -0.3 is 14.7 Å². The lowest BCUT2D eigenvalue weighted by Gasteiger charge is -2.37. The molecule has 1 unspecified atom stereocenters. The van der Waals surface area contributed by atoms with E-state index in [1.807, 2.05) is 38.2 Å². The Morgan fingerprint density at radius 2 is 2.00 bits per heavy atom. The van der Waals surface area contributed by atoms with Gasteiger partial charge in [0.05, 0.1) is 12.6 Å². The normalized spacial score (nSPS) is 13.3. The molecule has 0 aliphatic carbocycles. The van der Waals surface area contributed by atoms with Crippen LogP contribution < -0.4 is 5.32 Å². The summed E-state index contributed by atoms with van der Waals surface area (Å²) in [5.74, 6) is -0.139. The van der Waals surface area contributed by atoms with E-state index < -0.39 is 5.41 Å². The quantitative estimate of drug-likeness (QED) is 0.826. The molecule has 2 rings (SSSR count). The maximum atomic E-state index is 12.6. The highest BCUT2D eigenvalue weighted by Crippen LogP contribution is 2.35. The maximum absolute atomic E-state index is 12.6. The first-order chi connectivity index (χ1) is 10.8. The van der Waals surface area contributed by atoms with Crippen molar-refractivity contribution in [2.24, 2.45) is 7.05 Å². The van der Waals surface area contributed by atoms with E-state index in [2.05, 4.69) is 42.1 Å². The van der Waals surface area contributed by atoms with Crippen LogP contribution in [0.15, 0.2) is 30.5 Å². The molecule has 1 aromatic heterocycles. The number of fused-ring (bicyclic) bond motifs is 1. The highest BCUT2D eigenvalue weighted by Gasteiger charge is 2.39. The molecule has 0 bridgehead atoms. The summed E-state index contributed by atoms with van der Waals surface area (Å²) in [6.07, 6.45) is 2.80. The molecule has 1 atom stereocenters. The van der Waals surface area contributed by atoms with Crippen molar-refractivity contribution in [3.05, 3.63) is 36.0 Å². The van der Waals surface area contributed by atoms with Crippen LogP contribution in [0.1, 0.15) is 19.4 Å². The fourth-order valence-corrected chi connectivity index (χ4v) is 3.45. The van der Waals surface area contributed by atoms with Gasteiger partial charge in [0.15, 0.2) is 0 Å². The second kappa shape index (κ2) is 6.54. The lowest BCUT2D eigenvalue weighted by Crippen LogP contribution is -2.54. The molecule has 1 N–H and O–H groups in total. The minimum absolute atomic E-state index is 0.0365. The molecule has 5 heteroatoms. The van der Waals surface area contributed by atoms with Crippen LogP contribution in [0, 0.1) is 0 Å². The van der Waals surface area contributed by atoms with Crippen molar-refractivity contribution < 1.29 is 9.59 Å². The fraction of sp³-hybridized carbons (Fsp3) is 0.444. The number of amides is 1. The van der Waals surface area contributed by atoms with E-state index >= 15 is 0 Å². The smallest absolute Gasteiger partial charge is 0.238 e. The van der Waals surface area contributed by atoms with E-state index in [9.17, 15) is 9.59 Å². The van der Waals surface area contributed by atoms with Crippen LogP contribution in [0.5, 0.6) is 0 Å². The summed E-state index contributed by atoms with van der Waals surface area (Å²) in [5, 5.41) is 3.84. The summed E-state index contributed by atoms with van der Waals surface area (Å²) in [4.78, 5) is 25.1. The van der Waals surface area contributed by atoms with Crippen molar-refractivity contribution >= 4 is 23.1 Å². The summed E-state index contributed by atoms with van der Waals surface area (Å²) in [6, 6.07) is 7.81. The molecule has 1 aromatic carbocycles. The first kappa shape index (κ1) is 17.2. The van der Waals surface area contributed by atoms with Gasteiger partial charge in [0, 0.05) is 29.6 Å². The fourth-order valence-electron chi connectivity index (χ4n) is 3.45. The van der Waals surface area contributed by atoms with E-state index in [4.69, 9.17) is 0 Å². The number of rotatable bonds is 6. The summed E-state index contributed by atoms with van der Waals surface area (Å²) in [5.41, 5.74) is 1.84. The van der Waals surface area contributed by atoms with Gasteiger partial charge in [-0.15, -0.1) is 0 Å². The first-order valence-corrected chi connectivity index (χ1v) is 7.73. The molecule has 2 aromatic rings. The highest BCUT2D eigenvalue weighted by atomic mass is 16.2. The van der Waals surface area contributed by atoms with Gasteiger partial charge in [0.1, 0.15) is 6.29 Å². The van der Waals surface area contributed by atoms with Crippen LogP contribution in [0.2, 0.25) is 0 Å². The second-order valence-electron chi connectivity index (χ2n) is 6.67. The number of nitrogens with one attached hydrogen (secondary N) is 1. The SMILES string of the molecule is CN(C)C(C(=O)NCC=O)C(C)(C)c1cn(C)c2ccccc12. The first-order valence-electron chi connectivity index (χ1n) is 7.73. The summed E-state index contributed by atoms with van der Waals surface area (Å²) in [6.45, 7) is 4.18.